The van der Waals surface area contributed by atoms with Gasteiger partial charge in [-0.15, -0.1) is 0 Å². The molecule has 2 aromatic rings. The maximum absolute atomic E-state index is 6.06. The Bertz CT molecular complexity index is 508. The molecule has 0 aliphatic rings. The fourth-order valence-electron chi connectivity index (χ4n) is 2.12. The molecule has 0 fully saturated rings. The van der Waals surface area contributed by atoms with Crippen LogP contribution in [0.2, 0.25) is 5.22 Å². The van der Waals surface area contributed by atoms with Crippen molar-refractivity contribution in [3.05, 3.63) is 35.3 Å². The second kappa shape index (κ2) is 6.73. The van der Waals surface area contributed by atoms with E-state index in [2.05, 4.69) is 29.2 Å². The van der Waals surface area contributed by atoms with E-state index < -0.39 is 0 Å². The number of furan rings is 1. The molecular formula is C13H19ClN4O. The van der Waals surface area contributed by atoms with E-state index in [9.17, 15) is 0 Å². The van der Waals surface area contributed by atoms with Crippen LogP contribution < -0.4 is 5.32 Å². The molecule has 2 aromatic heterocycles. The number of rotatable bonds is 7. The van der Waals surface area contributed by atoms with Crippen LogP contribution in [0.5, 0.6) is 0 Å². The first-order chi connectivity index (χ1) is 9.26. The zero-order valence-corrected chi connectivity index (χ0v) is 12.0. The van der Waals surface area contributed by atoms with Crippen molar-refractivity contribution in [1.29, 1.82) is 0 Å². The predicted molar refractivity (Wildman–Crippen MR) is 74.2 cm³/mol. The molecule has 0 spiro atoms. The fourth-order valence-corrected chi connectivity index (χ4v) is 2.37. The van der Waals surface area contributed by atoms with Crippen LogP contribution in [-0.4, -0.2) is 21.3 Å². The van der Waals surface area contributed by atoms with Crippen LogP contribution in [0, 0.1) is 0 Å². The molecule has 1 unspecified atom stereocenters. The van der Waals surface area contributed by atoms with Crippen LogP contribution in [0.4, 0.5) is 0 Å². The largest absolute Gasteiger partial charge is 0.453 e. The summed E-state index contributed by atoms with van der Waals surface area (Å²) in [5, 5.41) is 8.09. The van der Waals surface area contributed by atoms with E-state index in [1.165, 1.54) is 0 Å². The highest BCUT2D eigenvalue weighted by Gasteiger charge is 2.19. The third-order valence-electron chi connectivity index (χ3n) is 2.99. The van der Waals surface area contributed by atoms with Crippen molar-refractivity contribution in [2.45, 2.75) is 39.3 Å². The molecule has 0 amide bonds. The third-order valence-corrected chi connectivity index (χ3v) is 3.30. The van der Waals surface area contributed by atoms with E-state index in [1.807, 2.05) is 10.7 Å². The molecule has 104 valence electrons. The summed E-state index contributed by atoms with van der Waals surface area (Å²) < 4.78 is 7.11. The van der Waals surface area contributed by atoms with Crippen LogP contribution in [0.1, 0.15) is 37.7 Å². The minimum atomic E-state index is 0.0936. The predicted octanol–water partition coefficient (Wildman–Crippen LogP) is 2.83. The normalized spacial score (nSPS) is 12.8. The van der Waals surface area contributed by atoms with Crippen molar-refractivity contribution < 1.29 is 4.42 Å². The molecule has 6 heteroatoms. The Morgan fingerprint density at radius 2 is 2.32 bits per heavy atom. The van der Waals surface area contributed by atoms with Gasteiger partial charge < -0.3 is 9.73 Å². The van der Waals surface area contributed by atoms with Crippen molar-refractivity contribution in [1.82, 2.24) is 20.1 Å². The quantitative estimate of drug-likeness (QED) is 0.848. The molecule has 0 aliphatic carbocycles. The topological polar surface area (TPSA) is 55.9 Å². The molecule has 0 saturated carbocycles. The summed E-state index contributed by atoms with van der Waals surface area (Å²) >= 11 is 6.06. The Morgan fingerprint density at radius 3 is 2.95 bits per heavy atom. The summed E-state index contributed by atoms with van der Waals surface area (Å²) in [6.45, 7) is 5.93. The number of likely N-dealkylation sites (N-methyl/N-ethyl adjacent to an activating group) is 1. The highest BCUT2D eigenvalue weighted by atomic mass is 35.5. The molecule has 0 saturated heterocycles. The smallest absolute Gasteiger partial charge is 0.197 e. The number of hydrogen-bond donors (Lipinski definition) is 1. The number of halogens is 1. The lowest BCUT2D eigenvalue weighted by molar-refractivity contribution is 0.491. The van der Waals surface area contributed by atoms with Gasteiger partial charge in [-0.05, 0) is 30.6 Å². The Labute approximate surface area is 118 Å². The van der Waals surface area contributed by atoms with Gasteiger partial charge >= 0.3 is 0 Å². The molecule has 0 aromatic carbocycles. The van der Waals surface area contributed by atoms with Gasteiger partial charge in [-0.2, -0.15) is 5.10 Å². The van der Waals surface area contributed by atoms with E-state index >= 15 is 0 Å². The highest BCUT2D eigenvalue weighted by molar-refractivity contribution is 6.29. The van der Waals surface area contributed by atoms with E-state index in [-0.39, 0.29) is 6.04 Å². The van der Waals surface area contributed by atoms with Gasteiger partial charge in [0.15, 0.2) is 5.22 Å². The molecule has 2 heterocycles. The fraction of sp³-hybridized carbons (Fsp3) is 0.538. The SMILES string of the molecule is CCCn1ncnc1CC(NCC)c1ccoc1Cl. The van der Waals surface area contributed by atoms with Gasteiger partial charge in [-0.1, -0.05) is 13.8 Å². The third kappa shape index (κ3) is 3.36. The van der Waals surface area contributed by atoms with Gasteiger partial charge in [0.05, 0.1) is 6.26 Å². The van der Waals surface area contributed by atoms with Gasteiger partial charge in [-0.3, -0.25) is 4.68 Å². The minimum Gasteiger partial charge on any atom is -0.453 e. The molecule has 0 bridgehead atoms. The molecule has 0 radical (unpaired) electrons. The zero-order chi connectivity index (χ0) is 13.7. The van der Waals surface area contributed by atoms with E-state index in [0.29, 0.717) is 5.22 Å². The van der Waals surface area contributed by atoms with E-state index in [1.54, 1.807) is 12.6 Å². The van der Waals surface area contributed by atoms with Gasteiger partial charge in [-0.25, -0.2) is 4.98 Å². The Kier molecular flexibility index (Phi) is 4.99. The van der Waals surface area contributed by atoms with Crippen LogP contribution >= 0.6 is 11.6 Å². The van der Waals surface area contributed by atoms with Crippen molar-refractivity contribution in [2.24, 2.45) is 0 Å². The Balaban J connectivity index is 2.17. The first kappa shape index (κ1) is 14.1. The number of nitrogens with zero attached hydrogens (tertiary/aromatic N) is 3. The van der Waals surface area contributed by atoms with Gasteiger partial charge in [0.1, 0.15) is 12.2 Å². The highest BCUT2D eigenvalue weighted by Crippen LogP contribution is 2.26. The second-order valence-electron chi connectivity index (χ2n) is 4.36. The Hall–Kier alpha value is -1.33. The van der Waals surface area contributed by atoms with E-state index in [4.69, 9.17) is 16.0 Å². The molecule has 1 N–H and O–H groups in total. The standard InChI is InChI=1S/C13H19ClN4O/c1-3-6-18-12(16-9-17-18)8-11(15-4-2)10-5-7-19-13(10)14/h5,7,9,11,15H,3-4,6,8H2,1-2H3. The lowest BCUT2D eigenvalue weighted by Crippen LogP contribution is -2.24. The van der Waals surface area contributed by atoms with Crippen LogP contribution in [0.3, 0.4) is 0 Å². The molecule has 19 heavy (non-hydrogen) atoms. The lowest BCUT2D eigenvalue weighted by atomic mass is 10.1. The van der Waals surface area contributed by atoms with Crippen LogP contribution in [-0.2, 0) is 13.0 Å². The van der Waals surface area contributed by atoms with Gasteiger partial charge in [0.25, 0.3) is 0 Å². The monoisotopic (exact) mass is 282 g/mol. The maximum Gasteiger partial charge on any atom is 0.197 e. The summed E-state index contributed by atoms with van der Waals surface area (Å²) in [5.74, 6) is 0.963. The van der Waals surface area contributed by atoms with Crippen molar-refractivity contribution in [3.63, 3.8) is 0 Å². The number of aryl methyl sites for hydroxylation is 1. The summed E-state index contributed by atoms with van der Waals surface area (Å²) in [6.07, 6.45) is 4.99. The minimum absolute atomic E-state index is 0.0936. The van der Waals surface area contributed by atoms with Crippen molar-refractivity contribution >= 4 is 11.6 Å². The number of aromatic nitrogens is 3. The zero-order valence-electron chi connectivity index (χ0n) is 11.3. The van der Waals surface area contributed by atoms with Crippen LogP contribution in [0.15, 0.2) is 23.1 Å². The molecule has 0 aliphatic heterocycles. The summed E-state index contributed by atoms with van der Waals surface area (Å²) in [7, 11) is 0. The van der Waals surface area contributed by atoms with Gasteiger partial charge in [0, 0.05) is 24.6 Å². The van der Waals surface area contributed by atoms with Crippen LogP contribution in [0.25, 0.3) is 0 Å². The van der Waals surface area contributed by atoms with E-state index in [0.717, 1.165) is 37.3 Å². The van der Waals surface area contributed by atoms with Gasteiger partial charge in [0.2, 0.25) is 0 Å². The lowest BCUT2D eigenvalue weighted by Gasteiger charge is -2.16. The summed E-state index contributed by atoms with van der Waals surface area (Å²) in [6, 6.07) is 1.99. The average molecular weight is 283 g/mol. The first-order valence-corrected chi connectivity index (χ1v) is 6.97. The summed E-state index contributed by atoms with van der Waals surface area (Å²) in [5.41, 5.74) is 0.967. The molecular weight excluding hydrogens is 264 g/mol. The molecule has 1 atom stereocenters. The number of nitrogens with one attached hydrogen (secondary N) is 1. The van der Waals surface area contributed by atoms with Crippen molar-refractivity contribution in [2.75, 3.05) is 6.54 Å². The van der Waals surface area contributed by atoms with Crippen molar-refractivity contribution in [3.8, 4) is 0 Å². The molecule has 2 rings (SSSR count). The second-order valence-corrected chi connectivity index (χ2v) is 4.71. The maximum atomic E-state index is 6.06. The Morgan fingerprint density at radius 1 is 1.47 bits per heavy atom. The average Bonchev–Trinajstić information content (AvgIpc) is 2.99. The summed E-state index contributed by atoms with van der Waals surface area (Å²) in [4.78, 5) is 4.33. The first-order valence-electron chi connectivity index (χ1n) is 6.59. The molecule has 5 nitrogen and oxygen atoms in total. The number of hydrogen-bond acceptors (Lipinski definition) is 4.